The number of benzene rings is 2. The fourth-order valence-electron chi connectivity index (χ4n) is 3.16. The molecule has 9 nitrogen and oxygen atoms in total. The van der Waals surface area contributed by atoms with Crippen LogP contribution in [0.2, 0.25) is 0 Å². The summed E-state index contributed by atoms with van der Waals surface area (Å²) in [6.07, 6.45) is 0. The third-order valence-electron chi connectivity index (χ3n) is 4.62. The number of esters is 1. The van der Waals surface area contributed by atoms with Gasteiger partial charge in [0, 0.05) is 35.4 Å². The summed E-state index contributed by atoms with van der Waals surface area (Å²) in [6, 6.07) is 10.4. The Bertz CT molecular complexity index is 1080. The molecule has 1 aromatic heterocycles. The smallest absolute Gasteiger partial charge is 0.375 e. The van der Waals surface area contributed by atoms with Gasteiger partial charge >= 0.3 is 5.97 Å². The van der Waals surface area contributed by atoms with Crippen molar-refractivity contribution in [2.75, 3.05) is 39.9 Å². The van der Waals surface area contributed by atoms with Crippen LogP contribution in [0.15, 0.2) is 40.8 Å². The summed E-state index contributed by atoms with van der Waals surface area (Å²) >= 11 is 0. The van der Waals surface area contributed by atoms with Gasteiger partial charge in [0.25, 0.3) is 5.91 Å². The van der Waals surface area contributed by atoms with Crippen molar-refractivity contribution in [3.05, 3.63) is 47.7 Å². The van der Waals surface area contributed by atoms with Gasteiger partial charge in [0.05, 0.1) is 27.9 Å². The number of nitrogens with one attached hydrogen (secondary N) is 1. The number of hydrogen-bond acceptors (Lipinski definition) is 8. The Morgan fingerprint density at radius 2 is 1.69 bits per heavy atom. The number of hydrogen-bond donors (Lipinski definition) is 1. The molecule has 0 aliphatic rings. The number of para-hydroxylation sites is 1. The summed E-state index contributed by atoms with van der Waals surface area (Å²) in [5, 5.41) is 3.40. The highest BCUT2D eigenvalue weighted by atomic mass is 16.6. The summed E-state index contributed by atoms with van der Waals surface area (Å²) in [7, 11) is 4.42. The van der Waals surface area contributed by atoms with E-state index in [0.29, 0.717) is 40.7 Å². The van der Waals surface area contributed by atoms with Crippen LogP contribution in [-0.4, -0.2) is 46.4 Å². The molecule has 32 heavy (non-hydrogen) atoms. The zero-order chi connectivity index (χ0) is 23.1. The first-order valence-corrected chi connectivity index (χ1v) is 9.87. The maximum absolute atomic E-state index is 12.6. The Kier molecular flexibility index (Phi) is 7.56. The lowest BCUT2D eigenvalue weighted by atomic mass is 10.1. The van der Waals surface area contributed by atoms with Crippen molar-refractivity contribution in [3.63, 3.8) is 0 Å². The third-order valence-corrected chi connectivity index (χ3v) is 4.62. The van der Waals surface area contributed by atoms with E-state index in [0.717, 1.165) is 5.39 Å². The van der Waals surface area contributed by atoms with Crippen molar-refractivity contribution in [3.8, 4) is 17.2 Å². The lowest BCUT2D eigenvalue weighted by Crippen LogP contribution is -2.21. The lowest BCUT2D eigenvalue weighted by Gasteiger charge is -2.14. The van der Waals surface area contributed by atoms with Crippen molar-refractivity contribution >= 4 is 28.5 Å². The van der Waals surface area contributed by atoms with E-state index in [4.69, 9.17) is 28.1 Å². The van der Waals surface area contributed by atoms with Crippen LogP contribution in [0.5, 0.6) is 17.2 Å². The molecule has 3 rings (SSSR count). The van der Waals surface area contributed by atoms with Crippen molar-refractivity contribution in [1.29, 1.82) is 0 Å². The molecule has 0 bridgehead atoms. The standard InChI is InChI=1S/C23H25NO8/c1-5-30-12-16-15-8-6-7-9-17(15)32-21(16)23(26)31-13-20(25)24-14-10-18(27-2)22(29-4)19(11-14)28-3/h6-11H,5,12-13H2,1-4H3,(H,24,25). The first-order valence-electron chi connectivity index (χ1n) is 9.87. The largest absolute Gasteiger partial charge is 0.493 e. The molecule has 0 aliphatic heterocycles. The van der Waals surface area contributed by atoms with Crippen LogP contribution in [0.25, 0.3) is 11.0 Å². The van der Waals surface area contributed by atoms with Gasteiger partial charge in [0.1, 0.15) is 5.58 Å². The van der Waals surface area contributed by atoms with Crippen LogP contribution in [0.3, 0.4) is 0 Å². The summed E-state index contributed by atoms with van der Waals surface area (Å²) in [6.45, 7) is 2.01. The second-order valence-corrected chi connectivity index (χ2v) is 6.58. The number of amides is 1. The average molecular weight is 443 g/mol. The van der Waals surface area contributed by atoms with Gasteiger partial charge in [0.2, 0.25) is 11.5 Å². The van der Waals surface area contributed by atoms with Crippen LogP contribution in [0, 0.1) is 0 Å². The molecular weight excluding hydrogens is 418 g/mol. The molecule has 0 fully saturated rings. The first-order chi connectivity index (χ1) is 15.5. The predicted molar refractivity (Wildman–Crippen MR) is 117 cm³/mol. The Hall–Kier alpha value is -3.72. The number of fused-ring (bicyclic) bond motifs is 1. The number of methoxy groups -OCH3 is 3. The van der Waals surface area contributed by atoms with Gasteiger partial charge in [-0.25, -0.2) is 4.79 Å². The van der Waals surface area contributed by atoms with E-state index in [1.807, 2.05) is 19.1 Å². The third kappa shape index (κ3) is 4.94. The van der Waals surface area contributed by atoms with Gasteiger partial charge in [-0.1, -0.05) is 18.2 Å². The van der Waals surface area contributed by atoms with Gasteiger partial charge in [-0.15, -0.1) is 0 Å². The van der Waals surface area contributed by atoms with E-state index in [1.54, 1.807) is 24.3 Å². The van der Waals surface area contributed by atoms with Crippen LogP contribution in [-0.2, 0) is 20.9 Å². The SMILES string of the molecule is CCOCc1c(C(=O)OCC(=O)Nc2cc(OC)c(OC)c(OC)c2)oc2ccccc12. The molecule has 3 aromatic rings. The molecule has 0 atom stereocenters. The van der Waals surface area contributed by atoms with Gasteiger partial charge in [0.15, 0.2) is 18.1 Å². The first kappa shape index (κ1) is 23.0. The Balaban J connectivity index is 1.71. The van der Waals surface area contributed by atoms with Gasteiger partial charge in [-0.05, 0) is 13.0 Å². The molecule has 0 saturated heterocycles. The van der Waals surface area contributed by atoms with Crippen LogP contribution in [0.1, 0.15) is 23.0 Å². The summed E-state index contributed by atoms with van der Waals surface area (Å²) in [4.78, 5) is 25.0. The highest BCUT2D eigenvalue weighted by Gasteiger charge is 2.23. The maximum atomic E-state index is 12.6. The normalized spacial score (nSPS) is 10.6. The van der Waals surface area contributed by atoms with Crippen LogP contribution < -0.4 is 19.5 Å². The molecule has 0 unspecified atom stereocenters. The number of carbonyl (C=O) groups is 2. The number of anilines is 1. The van der Waals surface area contributed by atoms with E-state index in [2.05, 4.69) is 5.32 Å². The minimum Gasteiger partial charge on any atom is -0.493 e. The number of ether oxygens (including phenoxy) is 5. The zero-order valence-electron chi connectivity index (χ0n) is 18.4. The van der Waals surface area contributed by atoms with Crippen LogP contribution >= 0.6 is 0 Å². The van der Waals surface area contributed by atoms with E-state index >= 15 is 0 Å². The second kappa shape index (κ2) is 10.5. The average Bonchev–Trinajstić information content (AvgIpc) is 3.19. The summed E-state index contributed by atoms with van der Waals surface area (Å²) in [5.41, 5.74) is 1.51. The minimum absolute atomic E-state index is 0.0141. The van der Waals surface area contributed by atoms with Gasteiger partial charge in [-0.2, -0.15) is 0 Å². The van der Waals surface area contributed by atoms with Crippen molar-refractivity contribution in [2.45, 2.75) is 13.5 Å². The zero-order valence-corrected chi connectivity index (χ0v) is 18.4. The number of rotatable bonds is 10. The lowest BCUT2D eigenvalue weighted by molar-refractivity contribution is -0.119. The molecule has 1 N–H and O–H groups in total. The van der Waals surface area contributed by atoms with Crippen molar-refractivity contribution in [1.82, 2.24) is 0 Å². The van der Waals surface area contributed by atoms with E-state index < -0.39 is 18.5 Å². The Morgan fingerprint density at radius 3 is 2.31 bits per heavy atom. The highest BCUT2D eigenvalue weighted by Crippen LogP contribution is 2.39. The Morgan fingerprint density at radius 1 is 1.00 bits per heavy atom. The molecule has 0 radical (unpaired) electrons. The molecule has 1 amide bonds. The predicted octanol–water partition coefficient (Wildman–Crippen LogP) is 3.79. The molecule has 1 heterocycles. The van der Waals surface area contributed by atoms with Crippen LogP contribution in [0.4, 0.5) is 5.69 Å². The molecule has 0 saturated carbocycles. The monoisotopic (exact) mass is 443 g/mol. The van der Waals surface area contributed by atoms with E-state index in [1.165, 1.54) is 21.3 Å². The second-order valence-electron chi connectivity index (χ2n) is 6.58. The van der Waals surface area contributed by atoms with Crippen molar-refractivity contribution in [2.24, 2.45) is 0 Å². The number of furan rings is 1. The molecule has 170 valence electrons. The minimum atomic E-state index is -0.754. The fraction of sp³-hybridized carbons (Fsp3) is 0.304. The topological polar surface area (TPSA) is 105 Å². The molecule has 2 aromatic carbocycles. The fourth-order valence-corrected chi connectivity index (χ4v) is 3.16. The highest BCUT2D eigenvalue weighted by molar-refractivity contribution is 5.98. The van der Waals surface area contributed by atoms with E-state index in [9.17, 15) is 9.59 Å². The van der Waals surface area contributed by atoms with Gasteiger partial charge < -0.3 is 33.4 Å². The quantitative estimate of drug-likeness (QED) is 0.472. The molecule has 0 spiro atoms. The molecular formula is C23H25NO8. The number of carbonyl (C=O) groups excluding carboxylic acids is 2. The van der Waals surface area contributed by atoms with E-state index in [-0.39, 0.29) is 12.4 Å². The maximum Gasteiger partial charge on any atom is 0.375 e. The Labute approximate surface area is 185 Å². The summed E-state index contributed by atoms with van der Waals surface area (Å²) < 4.78 is 32.1. The molecule has 0 aliphatic carbocycles. The van der Waals surface area contributed by atoms with Gasteiger partial charge in [-0.3, -0.25) is 4.79 Å². The summed E-state index contributed by atoms with van der Waals surface area (Å²) in [5.74, 6) is -0.138. The van der Waals surface area contributed by atoms with Crippen molar-refractivity contribution < 1.29 is 37.7 Å². The molecule has 9 heteroatoms.